The predicted molar refractivity (Wildman–Crippen MR) is 46.8 cm³/mol. The second kappa shape index (κ2) is 2.60. The van der Waals surface area contributed by atoms with Crippen LogP contribution < -0.4 is 0 Å². The molecule has 0 aromatic heterocycles. The Kier molecular flexibility index (Phi) is 1.75. The van der Waals surface area contributed by atoms with Crippen molar-refractivity contribution in [1.29, 1.82) is 0 Å². The first-order valence-corrected chi connectivity index (χ1v) is 4.89. The van der Waals surface area contributed by atoms with Gasteiger partial charge in [0.2, 0.25) is 0 Å². The molecule has 1 saturated heterocycles. The van der Waals surface area contributed by atoms with E-state index in [4.69, 9.17) is 0 Å². The molecule has 2 fully saturated rings. The Morgan fingerprint density at radius 2 is 1.40 bits per heavy atom. The van der Waals surface area contributed by atoms with E-state index < -0.39 is 0 Å². The minimum Gasteiger partial charge on any atom is -0.0857 e. The van der Waals surface area contributed by atoms with Gasteiger partial charge in [0, 0.05) is 0 Å². The van der Waals surface area contributed by atoms with Crippen molar-refractivity contribution in [3.8, 4) is 0 Å². The zero-order valence-electron chi connectivity index (χ0n) is 6.97. The molecular weight excluding hydrogens is 119 g/mol. The Morgan fingerprint density at radius 3 is 1.90 bits per heavy atom. The summed E-state index contributed by atoms with van der Waals surface area (Å²) in [6.07, 6.45) is 9.15. The molecule has 2 atom stereocenters. The summed E-state index contributed by atoms with van der Waals surface area (Å²) in [6, 6.07) is 0. The topological polar surface area (TPSA) is 0 Å². The van der Waals surface area contributed by atoms with Crippen molar-refractivity contribution in [2.24, 2.45) is 0 Å². The minimum absolute atomic E-state index is 1.10. The van der Waals surface area contributed by atoms with Gasteiger partial charge in [0.25, 0.3) is 0 Å². The van der Waals surface area contributed by atoms with Crippen molar-refractivity contribution < 1.29 is 0 Å². The maximum absolute atomic E-state index is 2.45. The fraction of sp³-hybridized carbons (Fsp3) is 1.00. The van der Waals surface area contributed by atoms with Crippen LogP contribution in [-0.4, -0.2) is 6.71 Å². The molecule has 1 saturated carbocycles. The first kappa shape index (κ1) is 6.76. The molecule has 0 aromatic rings. The molecule has 1 aliphatic carbocycles. The molecule has 0 amide bonds. The van der Waals surface area contributed by atoms with Crippen LogP contribution in [0.4, 0.5) is 0 Å². The van der Waals surface area contributed by atoms with Gasteiger partial charge in [0.1, 0.15) is 6.71 Å². The molecule has 2 aliphatic rings. The van der Waals surface area contributed by atoms with E-state index in [1.54, 1.807) is 12.8 Å². The molecule has 0 N–H and O–H groups in total. The first-order valence-electron chi connectivity index (χ1n) is 4.89. The fourth-order valence-corrected chi connectivity index (χ4v) is 2.70. The van der Waals surface area contributed by atoms with E-state index >= 15 is 0 Å². The molecule has 0 radical (unpaired) electrons. The summed E-state index contributed by atoms with van der Waals surface area (Å²) in [6.45, 7) is 3.54. The molecule has 1 heteroatoms. The van der Waals surface area contributed by atoms with Crippen LogP contribution in [-0.2, 0) is 0 Å². The molecule has 0 spiro atoms. The van der Waals surface area contributed by atoms with E-state index in [0.29, 0.717) is 0 Å². The molecule has 0 nitrogen and oxygen atoms in total. The van der Waals surface area contributed by atoms with Gasteiger partial charge in [0.15, 0.2) is 0 Å². The van der Waals surface area contributed by atoms with E-state index in [-0.39, 0.29) is 0 Å². The van der Waals surface area contributed by atoms with Gasteiger partial charge in [-0.25, -0.2) is 0 Å². The summed E-state index contributed by atoms with van der Waals surface area (Å²) in [5.41, 5.74) is 0. The standard InChI is InChI=1S/C9H17B/c1-10-8-6-4-2-3-5-7-9(8)10/h8-9H,2-7H2,1H3. The van der Waals surface area contributed by atoms with Crippen molar-refractivity contribution in [3.05, 3.63) is 0 Å². The zero-order chi connectivity index (χ0) is 6.97. The Balaban J connectivity index is 1.86. The lowest BCUT2D eigenvalue weighted by Crippen LogP contribution is -1.84. The lowest BCUT2D eigenvalue weighted by Gasteiger charge is -2.06. The van der Waals surface area contributed by atoms with Crippen molar-refractivity contribution in [2.75, 3.05) is 0 Å². The molecule has 56 valence electrons. The number of rotatable bonds is 0. The van der Waals surface area contributed by atoms with Crippen LogP contribution in [0.1, 0.15) is 38.5 Å². The van der Waals surface area contributed by atoms with Crippen LogP contribution in [0.2, 0.25) is 18.5 Å². The average molecular weight is 136 g/mol. The van der Waals surface area contributed by atoms with Gasteiger partial charge in [-0.15, -0.1) is 0 Å². The van der Waals surface area contributed by atoms with Gasteiger partial charge in [-0.1, -0.05) is 57.0 Å². The average Bonchev–Trinajstić information content (AvgIpc) is 2.39. The smallest absolute Gasteiger partial charge is 0.0857 e. The summed E-state index contributed by atoms with van der Waals surface area (Å²) in [4.78, 5) is 0. The number of hydrogen-bond acceptors (Lipinski definition) is 0. The van der Waals surface area contributed by atoms with Crippen molar-refractivity contribution in [1.82, 2.24) is 0 Å². The van der Waals surface area contributed by atoms with Crippen LogP contribution in [0, 0.1) is 0 Å². The molecule has 0 aromatic carbocycles. The highest BCUT2D eigenvalue weighted by molar-refractivity contribution is 6.72. The Labute approximate surface area is 64.5 Å². The number of hydrogen-bond donors (Lipinski definition) is 0. The normalized spacial score (nSPS) is 39.9. The molecule has 2 unspecified atom stereocenters. The van der Waals surface area contributed by atoms with Gasteiger partial charge in [0.05, 0.1) is 0 Å². The summed E-state index contributed by atoms with van der Waals surface area (Å²) in [5, 5.41) is 0. The van der Waals surface area contributed by atoms with Gasteiger partial charge < -0.3 is 0 Å². The van der Waals surface area contributed by atoms with Crippen LogP contribution in [0.15, 0.2) is 0 Å². The lowest BCUT2D eigenvalue weighted by molar-refractivity contribution is 0.544. The van der Waals surface area contributed by atoms with E-state index in [9.17, 15) is 0 Å². The van der Waals surface area contributed by atoms with Crippen molar-refractivity contribution in [3.63, 3.8) is 0 Å². The third-order valence-electron chi connectivity index (χ3n) is 3.58. The second-order valence-corrected chi connectivity index (χ2v) is 4.18. The number of fused-ring (bicyclic) bond motifs is 1. The maximum Gasteiger partial charge on any atom is 0.142 e. The SMILES string of the molecule is CB1C2CCCCCCC12. The highest BCUT2D eigenvalue weighted by atomic mass is 14.3. The highest BCUT2D eigenvalue weighted by Gasteiger charge is 2.47. The Morgan fingerprint density at radius 1 is 0.900 bits per heavy atom. The third-order valence-corrected chi connectivity index (χ3v) is 3.58. The van der Waals surface area contributed by atoms with E-state index in [1.165, 1.54) is 25.7 Å². The van der Waals surface area contributed by atoms with Crippen LogP contribution in [0.3, 0.4) is 0 Å². The van der Waals surface area contributed by atoms with E-state index in [2.05, 4.69) is 6.82 Å². The molecule has 1 aliphatic heterocycles. The van der Waals surface area contributed by atoms with Gasteiger partial charge in [-0.2, -0.15) is 0 Å². The summed E-state index contributed by atoms with van der Waals surface area (Å²) < 4.78 is 0. The van der Waals surface area contributed by atoms with E-state index in [1.807, 2.05) is 0 Å². The molecule has 0 bridgehead atoms. The van der Waals surface area contributed by atoms with Crippen LogP contribution in [0.5, 0.6) is 0 Å². The van der Waals surface area contributed by atoms with Crippen molar-refractivity contribution in [2.45, 2.75) is 57.0 Å². The summed E-state index contributed by atoms with van der Waals surface area (Å²) in [5.74, 6) is 2.31. The minimum atomic E-state index is 1.10. The highest BCUT2D eigenvalue weighted by Crippen LogP contribution is 2.56. The Bertz CT molecular complexity index is 108. The predicted octanol–water partition coefficient (Wildman–Crippen LogP) is 3.22. The fourth-order valence-electron chi connectivity index (χ4n) is 2.70. The molecular formula is C9H17B. The van der Waals surface area contributed by atoms with Gasteiger partial charge in [-0.05, 0) is 0 Å². The third kappa shape index (κ3) is 1.11. The quantitative estimate of drug-likeness (QED) is 0.448. The monoisotopic (exact) mass is 136 g/mol. The summed E-state index contributed by atoms with van der Waals surface area (Å²) >= 11 is 0. The van der Waals surface area contributed by atoms with Crippen molar-refractivity contribution >= 4 is 6.71 Å². The Hall–Kier alpha value is 0.0649. The zero-order valence-corrected chi connectivity index (χ0v) is 6.97. The largest absolute Gasteiger partial charge is 0.142 e. The molecule has 10 heavy (non-hydrogen) atoms. The van der Waals surface area contributed by atoms with Gasteiger partial charge in [-0.3, -0.25) is 0 Å². The lowest BCUT2D eigenvalue weighted by atomic mass is 9.67. The maximum atomic E-state index is 2.45. The first-order chi connectivity index (χ1) is 4.89. The van der Waals surface area contributed by atoms with Crippen LogP contribution >= 0.6 is 0 Å². The molecule has 2 rings (SSSR count). The van der Waals surface area contributed by atoms with Gasteiger partial charge >= 0.3 is 0 Å². The second-order valence-electron chi connectivity index (χ2n) is 4.18. The van der Waals surface area contributed by atoms with Crippen LogP contribution in [0.25, 0.3) is 0 Å². The summed E-state index contributed by atoms with van der Waals surface area (Å²) in [7, 11) is 0. The molecule has 1 heterocycles. The van der Waals surface area contributed by atoms with E-state index in [0.717, 1.165) is 18.3 Å².